The number of nitrogens with one attached hydrogen (secondary N) is 1. The Morgan fingerprint density at radius 2 is 2.14 bits per heavy atom. The number of anilines is 1. The smallest absolute Gasteiger partial charge is 0.174 e. The highest BCUT2D eigenvalue weighted by Crippen LogP contribution is 2.10. The second-order valence-electron chi connectivity index (χ2n) is 4.69. The van der Waals surface area contributed by atoms with Crippen LogP contribution in [0.15, 0.2) is 30.9 Å². The van der Waals surface area contributed by atoms with E-state index in [1.54, 1.807) is 28.0 Å². The van der Waals surface area contributed by atoms with Gasteiger partial charge in [-0.15, -0.1) is 5.10 Å². The Labute approximate surface area is 121 Å². The Kier molecular flexibility index (Phi) is 3.59. The fraction of sp³-hybridized carbons (Fsp3) is 0.308. The summed E-state index contributed by atoms with van der Waals surface area (Å²) in [6.07, 6.45) is 6.86. The van der Waals surface area contributed by atoms with Crippen molar-refractivity contribution >= 4 is 5.82 Å². The van der Waals surface area contributed by atoms with E-state index in [-0.39, 0.29) is 0 Å². The molecule has 1 N–H and O–H groups in total. The number of hydrogen-bond acceptors (Lipinski definition) is 6. The van der Waals surface area contributed by atoms with Crippen LogP contribution in [-0.2, 0) is 6.54 Å². The van der Waals surface area contributed by atoms with Crippen LogP contribution in [0.1, 0.15) is 11.4 Å². The third-order valence-electron chi connectivity index (χ3n) is 2.97. The Balaban J connectivity index is 1.70. The Morgan fingerprint density at radius 3 is 2.86 bits per heavy atom. The molecule has 0 saturated carbocycles. The predicted molar refractivity (Wildman–Crippen MR) is 77.1 cm³/mol. The van der Waals surface area contributed by atoms with Gasteiger partial charge in [-0.1, -0.05) is 5.21 Å². The topological polar surface area (TPSA) is 86.3 Å². The van der Waals surface area contributed by atoms with E-state index in [2.05, 4.69) is 30.7 Å². The summed E-state index contributed by atoms with van der Waals surface area (Å²) in [6, 6.07) is 2.01. The molecule has 3 heterocycles. The zero-order chi connectivity index (χ0) is 14.7. The zero-order valence-electron chi connectivity index (χ0n) is 11.9. The molecule has 0 aromatic carbocycles. The minimum absolute atomic E-state index is 0.693. The van der Waals surface area contributed by atoms with Crippen molar-refractivity contribution in [1.29, 1.82) is 0 Å². The molecule has 21 heavy (non-hydrogen) atoms. The van der Waals surface area contributed by atoms with Crippen molar-refractivity contribution in [3.63, 3.8) is 0 Å². The molecule has 3 rings (SSSR count). The fourth-order valence-electron chi connectivity index (χ4n) is 2.05. The van der Waals surface area contributed by atoms with Gasteiger partial charge in [0.2, 0.25) is 0 Å². The molecule has 0 aliphatic heterocycles. The van der Waals surface area contributed by atoms with E-state index in [0.717, 1.165) is 11.4 Å². The van der Waals surface area contributed by atoms with Crippen molar-refractivity contribution < 1.29 is 0 Å². The van der Waals surface area contributed by atoms with Gasteiger partial charge < -0.3 is 5.32 Å². The first kappa shape index (κ1) is 13.2. The maximum Gasteiger partial charge on any atom is 0.174 e. The number of hydrogen-bond donors (Lipinski definition) is 1. The lowest BCUT2D eigenvalue weighted by molar-refractivity contribution is 0.608. The summed E-state index contributed by atoms with van der Waals surface area (Å²) >= 11 is 0. The highest BCUT2D eigenvalue weighted by atomic mass is 15.4. The van der Waals surface area contributed by atoms with Crippen molar-refractivity contribution in [2.75, 3.05) is 11.9 Å². The van der Waals surface area contributed by atoms with Crippen LogP contribution in [0.3, 0.4) is 0 Å². The molecule has 8 heteroatoms. The lowest BCUT2D eigenvalue weighted by atomic mass is 10.4. The van der Waals surface area contributed by atoms with Gasteiger partial charge >= 0.3 is 0 Å². The lowest BCUT2D eigenvalue weighted by Crippen LogP contribution is -2.13. The Bertz CT molecular complexity index is 716. The third kappa shape index (κ3) is 3.04. The molecule has 0 aliphatic rings. The van der Waals surface area contributed by atoms with Crippen molar-refractivity contribution in [2.24, 2.45) is 0 Å². The van der Waals surface area contributed by atoms with Crippen LogP contribution in [0, 0.1) is 13.8 Å². The number of rotatable bonds is 5. The van der Waals surface area contributed by atoms with Crippen LogP contribution in [0.5, 0.6) is 0 Å². The predicted octanol–water partition coefficient (Wildman–Crippen LogP) is 0.983. The Hall–Kier alpha value is -2.77. The summed E-state index contributed by atoms with van der Waals surface area (Å²) in [4.78, 5) is 8.72. The number of aryl methyl sites for hydroxylation is 2. The van der Waals surface area contributed by atoms with E-state index in [0.29, 0.717) is 24.7 Å². The van der Waals surface area contributed by atoms with Gasteiger partial charge in [-0.25, -0.2) is 9.67 Å². The highest BCUT2D eigenvalue weighted by Gasteiger charge is 2.06. The average molecular weight is 284 g/mol. The molecular formula is C13H16N8. The molecule has 3 aromatic rings. The molecule has 0 fully saturated rings. The summed E-state index contributed by atoms with van der Waals surface area (Å²) < 4.78 is 3.54. The van der Waals surface area contributed by atoms with E-state index in [9.17, 15) is 0 Å². The molecule has 108 valence electrons. The first-order valence-corrected chi connectivity index (χ1v) is 6.66. The second-order valence-corrected chi connectivity index (χ2v) is 4.69. The molecule has 0 aliphatic carbocycles. The van der Waals surface area contributed by atoms with E-state index in [1.165, 1.54) is 0 Å². The lowest BCUT2D eigenvalue weighted by Gasteiger charge is -2.07. The summed E-state index contributed by atoms with van der Waals surface area (Å²) in [5.41, 5.74) is 1.99. The minimum atomic E-state index is 0.693. The quantitative estimate of drug-likeness (QED) is 0.751. The summed E-state index contributed by atoms with van der Waals surface area (Å²) in [5.74, 6) is 1.41. The van der Waals surface area contributed by atoms with Crippen LogP contribution in [0.4, 0.5) is 5.82 Å². The SMILES string of the molecule is Cc1cc(C)n(-c2cncc(NCCn3ccnn3)n2)n1. The summed E-state index contributed by atoms with van der Waals surface area (Å²) in [7, 11) is 0. The fourth-order valence-corrected chi connectivity index (χ4v) is 2.05. The van der Waals surface area contributed by atoms with Crippen LogP contribution in [0.2, 0.25) is 0 Å². The summed E-state index contributed by atoms with van der Waals surface area (Å²) in [6.45, 7) is 5.36. The van der Waals surface area contributed by atoms with E-state index in [1.807, 2.05) is 26.1 Å². The Morgan fingerprint density at radius 1 is 1.24 bits per heavy atom. The highest BCUT2D eigenvalue weighted by molar-refractivity contribution is 5.36. The molecular weight excluding hydrogens is 268 g/mol. The van der Waals surface area contributed by atoms with Crippen LogP contribution < -0.4 is 5.32 Å². The summed E-state index contributed by atoms with van der Waals surface area (Å²) in [5, 5.41) is 15.3. The molecule has 0 bridgehead atoms. The van der Waals surface area contributed by atoms with E-state index >= 15 is 0 Å². The van der Waals surface area contributed by atoms with Crippen molar-refractivity contribution in [2.45, 2.75) is 20.4 Å². The molecule has 0 saturated heterocycles. The van der Waals surface area contributed by atoms with Gasteiger partial charge in [0.15, 0.2) is 5.82 Å². The van der Waals surface area contributed by atoms with Crippen LogP contribution in [0.25, 0.3) is 5.82 Å². The molecule has 8 nitrogen and oxygen atoms in total. The molecule has 0 spiro atoms. The van der Waals surface area contributed by atoms with Gasteiger partial charge in [0, 0.05) is 18.4 Å². The van der Waals surface area contributed by atoms with Gasteiger partial charge in [0.05, 0.1) is 30.8 Å². The third-order valence-corrected chi connectivity index (χ3v) is 2.97. The molecule has 0 atom stereocenters. The van der Waals surface area contributed by atoms with Crippen molar-refractivity contribution in [1.82, 2.24) is 34.7 Å². The zero-order valence-corrected chi connectivity index (χ0v) is 11.9. The van der Waals surface area contributed by atoms with Gasteiger partial charge in [0.25, 0.3) is 0 Å². The second kappa shape index (κ2) is 5.70. The maximum absolute atomic E-state index is 4.52. The number of aromatic nitrogens is 7. The average Bonchev–Trinajstić information content (AvgIpc) is 3.09. The van der Waals surface area contributed by atoms with Crippen LogP contribution >= 0.6 is 0 Å². The largest absolute Gasteiger partial charge is 0.367 e. The molecule has 0 amide bonds. The van der Waals surface area contributed by atoms with E-state index in [4.69, 9.17) is 0 Å². The maximum atomic E-state index is 4.52. The first-order chi connectivity index (χ1) is 10.2. The van der Waals surface area contributed by atoms with Crippen molar-refractivity contribution in [3.8, 4) is 5.82 Å². The van der Waals surface area contributed by atoms with Gasteiger partial charge in [-0.05, 0) is 19.9 Å². The molecule has 0 radical (unpaired) electrons. The van der Waals surface area contributed by atoms with Crippen molar-refractivity contribution in [3.05, 3.63) is 42.2 Å². The van der Waals surface area contributed by atoms with Gasteiger partial charge in [0.1, 0.15) is 5.82 Å². The number of nitrogens with zero attached hydrogens (tertiary/aromatic N) is 7. The molecule has 0 unspecified atom stereocenters. The first-order valence-electron chi connectivity index (χ1n) is 6.66. The molecule has 3 aromatic heterocycles. The monoisotopic (exact) mass is 284 g/mol. The normalized spacial score (nSPS) is 10.8. The van der Waals surface area contributed by atoms with E-state index < -0.39 is 0 Å². The van der Waals surface area contributed by atoms with Crippen LogP contribution in [-0.4, -0.2) is 41.3 Å². The van der Waals surface area contributed by atoms with Gasteiger partial charge in [-0.2, -0.15) is 5.10 Å². The minimum Gasteiger partial charge on any atom is -0.367 e. The van der Waals surface area contributed by atoms with Gasteiger partial charge in [-0.3, -0.25) is 9.67 Å². The standard InChI is InChI=1S/C13H16N8/c1-10-7-11(2)21(18-10)13-9-14-8-12(17-13)15-3-5-20-6-4-16-19-20/h4,6-9H,3,5H2,1-2H3,(H,15,17).